The molecule has 3 N–H and O–H groups in total. The van der Waals surface area contributed by atoms with E-state index in [1.165, 1.54) is 4.57 Å². The van der Waals surface area contributed by atoms with Crippen molar-refractivity contribution in [1.29, 1.82) is 0 Å². The number of rotatable bonds is 6. The molecule has 31 heavy (non-hydrogen) atoms. The molecule has 3 aromatic heterocycles. The summed E-state index contributed by atoms with van der Waals surface area (Å²) in [4.78, 5) is 45.5. The molecule has 1 aliphatic rings. The minimum atomic E-state index is -0.339. The maximum absolute atomic E-state index is 13.0. The highest BCUT2D eigenvalue weighted by molar-refractivity contribution is 5.95. The average Bonchev–Trinajstić information content (AvgIpc) is 3.18. The number of H-pyrrole nitrogens is 1. The topological polar surface area (TPSA) is 109 Å². The van der Waals surface area contributed by atoms with Gasteiger partial charge in [0.05, 0.1) is 23.3 Å². The Balaban J connectivity index is 1.47. The highest BCUT2D eigenvalue weighted by atomic mass is 16.2. The number of amides is 2. The minimum Gasteiger partial charge on any atom is -0.360 e. The summed E-state index contributed by atoms with van der Waals surface area (Å²) < 4.78 is 1.40. The van der Waals surface area contributed by atoms with Crippen molar-refractivity contribution in [3.05, 3.63) is 57.8 Å². The van der Waals surface area contributed by atoms with Crippen molar-refractivity contribution >= 4 is 28.5 Å². The van der Waals surface area contributed by atoms with Gasteiger partial charge in [-0.25, -0.2) is 4.98 Å². The van der Waals surface area contributed by atoms with Gasteiger partial charge in [-0.2, -0.15) is 0 Å². The number of nitrogens with zero attached hydrogens (tertiary/aromatic N) is 2. The Labute approximate surface area is 180 Å². The molecule has 8 heteroatoms. The normalized spacial score (nSPS) is 15.7. The lowest BCUT2D eigenvalue weighted by atomic mass is 9.87. The molecule has 0 bridgehead atoms. The number of aromatic nitrogens is 3. The lowest BCUT2D eigenvalue weighted by molar-refractivity contribution is -0.122. The van der Waals surface area contributed by atoms with Gasteiger partial charge in [0.25, 0.3) is 5.56 Å². The first-order chi connectivity index (χ1) is 14.8. The zero-order valence-corrected chi connectivity index (χ0v) is 18.0. The largest absolute Gasteiger partial charge is 0.360 e. The zero-order chi connectivity index (χ0) is 22.1. The molecule has 3 aromatic rings. The Kier molecular flexibility index (Phi) is 5.63. The molecule has 1 atom stereocenters. The van der Waals surface area contributed by atoms with Gasteiger partial charge >= 0.3 is 0 Å². The van der Waals surface area contributed by atoms with Crippen LogP contribution in [0.5, 0.6) is 0 Å². The van der Waals surface area contributed by atoms with Gasteiger partial charge < -0.3 is 20.2 Å². The maximum Gasteiger partial charge on any atom is 0.275 e. The second-order valence-electron chi connectivity index (χ2n) is 8.59. The molecule has 4 heterocycles. The van der Waals surface area contributed by atoms with Crippen molar-refractivity contribution in [1.82, 2.24) is 19.9 Å². The zero-order valence-electron chi connectivity index (χ0n) is 18.0. The number of anilines is 1. The number of carbonyl (C=O) groups excluding carboxylic acids is 2. The van der Waals surface area contributed by atoms with Crippen molar-refractivity contribution in [3.63, 3.8) is 0 Å². The van der Waals surface area contributed by atoms with E-state index in [0.717, 1.165) is 28.7 Å². The standard InChI is InChI=1S/C23H27N5O3/c1-13(2)8-16-10-15-9-14(3)28(23(31)21(15)27-22(16)30)12-20(29)25-11-17-4-5-18-19(26-17)6-7-24-18/h4-7,9,13,16,24H,8,10-12H2,1-3H3,(H,25,29)(H,27,30). The summed E-state index contributed by atoms with van der Waals surface area (Å²) in [5.41, 5.74) is 4.00. The van der Waals surface area contributed by atoms with Crippen LogP contribution in [0.2, 0.25) is 0 Å². The van der Waals surface area contributed by atoms with Crippen molar-refractivity contribution in [2.24, 2.45) is 11.8 Å². The van der Waals surface area contributed by atoms with Crippen LogP contribution < -0.4 is 16.2 Å². The summed E-state index contributed by atoms with van der Waals surface area (Å²) in [6.45, 7) is 6.12. The van der Waals surface area contributed by atoms with Gasteiger partial charge in [-0.05, 0) is 55.5 Å². The third kappa shape index (κ3) is 4.38. The van der Waals surface area contributed by atoms with E-state index in [0.29, 0.717) is 23.7 Å². The first kappa shape index (κ1) is 20.8. The van der Waals surface area contributed by atoms with E-state index in [-0.39, 0.29) is 36.4 Å². The van der Waals surface area contributed by atoms with E-state index in [4.69, 9.17) is 0 Å². The van der Waals surface area contributed by atoms with Crippen LogP contribution in [-0.2, 0) is 29.1 Å². The molecule has 0 fully saturated rings. The number of hydrogen-bond acceptors (Lipinski definition) is 4. The summed E-state index contributed by atoms with van der Waals surface area (Å²) in [6.07, 6.45) is 3.14. The van der Waals surface area contributed by atoms with Crippen LogP contribution in [0, 0.1) is 18.8 Å². The first-order valence-electron chi connectivity index (χ1n) is 10.6. The molecule has 162 valence electrons. The SMILES string of the molecule is Cc1cc2c(c(=O)n1CC(=O)NCc1ccc3[nH]ccc3n1)NC(=O)C(CC(C)C)C2. The maximum atomic E-state index is 13.0. The van der Waals surface area contributed by atoms with Crippen LogP contribution >= 0.6 is 0 Å². The molecule has 0 radical (unpaired) electrons. The van der Waals surface area contributed by atoms with Gasteiger partial charge in [0, 0.05) is 17.8 Å². The molecule has 2 amide bonds. The van der Waals surface area contributed by atoms with Crippen molar-refractivity contribution in [3.8, 4) is 0 Å². The summed E-state index contributed by atoms with van der Waals surface area (Å²) in [5, 5.41) is 5.60. The second kappa shape index (κ2) is 8.37. The molecule has 0 aromatic carbocycles. The highest BCUT2D eigenvalue weighted by Gasteiger charge is 2.29. The lowest BCUT2D eigenvalue weighted by Crippen LogP contribution is -2.39. The van der Waals surface area contributed by atoms with E-state index in [9.17, 15) is 14.4 Å². The first-order valence-corrected chi connectivity index (χ1v) is 10.6. The average molecular weight is 422 g/mol. The van der Waals surface area contributed by atoms with E-state index in [1.54, 1.807) is 0 Å². The molecular weight excluding hydrogens is 394 g/mol. The Hall–Kier alpha value is -3.42. The molecule has 1 unspecified atom stereocenters. The van der Waals surface area contributed by atoms with E-state index in [2.05, 4.69) is 34.4 Å². The van der Waals surface area contributed by atoms with Crippen molar-refractivity contribution in [2.75, 3.05) is 5.32 Å². The molecule has 4 rings (SSSR count). The lowest BCUT2D eigenvalue weighted by Gasteiger charge is -2.26. The molecule has 0 spiro atoms. The fourth-order valence-electron chi connectivity index (χ4n) is 4.13. The molecule has 0 saturated carbocycles. The molecule has 8 nitrogen and oxygen atoms in total. The van der Waals surface area contributed by atoms with Gasteiger partial charge in [0.15, 0.2) is 0 Å². The molecule has 0 aliphatic carbocycles. The summed E-state index contributed by atoms with van der Waals surface area (Å²) in [5.74, 6) is -0.143. The van der Waals surface area contributed by atoms with Gasteiger partial charge in [-0.1, -0.05) is 13.8 Å². The number of carbonyl (C=O) groups is 2. The second-order valence-corrected chi connectivity index (χ2v) is 8.59. The monoisotopic (exact) mass is 421 g/mol. The minimum absolute atomic E-state index is 0.115. The van der Waals surface area contributed by atoms with Crippen LogP contribution in [0.3, 0.4) is 0 Å². The molecular formula is C23H27N5O3. The summed E-state index contributed by atoms with van der Waals surface area (Å²) in [6, 6.07) is 7.53. The number of nitrogens with one attached hydrogen (secondary N) is 3. The highest BCUT2D eigenvalue weighted by Crippen LogP contribution is 2.27. The van der Waals surface area contributed by atoms with Crippen LogP contribution in [0.1, 0.15) is 37.2 Å². The number of hydrogen-bond donors (Lipinski definition) is 3. The van der Waals surface area contributed by atoms with Crippen molar-refractivity contribution < 1.29 is 9.59 Å². The summed E-state index contributed by atoms with van der Waals surface area (Å²) in [7, 11) is 0. The van der Waals surface area contributed by atoms with Crippen LogP contribution in [-0.4, -0.2) is 26.3 Å². The smallest absolute Gasteiger partial charge is 0.275 e. The number of aromatic amines is 1. The number of aryl methyl sites for hydroxylation is 1. The molecule has 1 aliphatic heterocycles. The fourth-order valence-corrected chi connectivity index (χ4v) is 4.13. The Morgan fingerprint density at radius 1 is 1.29 bits per heavy atom. The number of fused-ring (bicyclic) bond motifs is 2. The van der Waals surface area contributed by atoms with Gasteiger partial charge in [0.1, 0.15) is 12.2 Å². The summed E-state index contributed by atoms with van der Waals surface area (Å²) >= 11 is 0. The fraction of sp³-hybridized carbons (Fsp3) is 0.391. The van der Waals surface area contributed by atoms with Crippen LogP contribution in [0.15, 0.2) is 35.3 Å². The van der Waals surface area contributed by atoms with E-state index in [1.807, 2.05) is 37.4 Å². The van der Waals surface area contributed by atoms with Crippen LogP contribution in [0.25, 0.3) is 11.0 Å². The van der Waals surface area contributed by atoms with E-state index >= 15 is 0 Å². The Morgan fingerprint density at radius 3 is 2.87 bits per heavy atom. The van der Waals surface area contributed by atoms with Crippen LogP contribution in [0.4, 0.5) is 5.69 Å². The van der Waals surface area contributed by atoms with Gasteiger partial charge in [-0.3, -0.25) is 14.4 Å². The number of pyridine rings is 2. The third-order valence-corrected chi connectivity index (χ3v) is 5.66. The quantitative estimate of drug-likeness (QED) is 0.568. The van der Waals surface area contributed by atoms with E-state index < -0.39 is 0 Å². The molecule has 0 saturated heterocycles. The van der Waals surface area contributed by atoms with Gasteiger partial charge in [-0.15, -0.1) is 0 Å². The third-order valence-electron chi connectivity index (χ3n) is 5.66. The van der Waals surface area contributed by atoms with Crippen molar-refractivity contribution in [2.45, 2.75) is 46.7 Å². The predicted octanol–water partition coefficient (Wildman–Crippen LogP) is 2.51. The van der Waals surface area contributed by atoms with Gasteiger partial charge in [0.2, 0.25) is 11.8 Å². The Bertz CT molecular complexity index is 1210. The predicted molar refractivity (Wildman–Crippen MR) is 119 cm³/mol. The Morgan fingerprint density at radius 2 is 2.10 bits per heavy atom.